The van der Waals surface area contributed by atoms with E-state index in [1.807, 2.05) is 0 Å². The molecule has 96 valence electrons. The van der Waals surface area contributed by atoms with Crippen LogP contribution in [0.3, 0.4) is 0 Å². The third-order valence-electron chi connectivity index (χ3n) is 2.31. The largest absolute Gasteiger partial charge is 0.478 e. The van der Waals surface area contributed by atoms with Crippen molar-refractivity contribution in [1.82, 2.24) is 0 Å². The van der Waals surface area contributed by atoms with E-state index < -0.39 is 17.9 Å². The summed E-state index contributed by atoms with van der Waals surface area (Å²) in [7, 11) is 4.37. The van der Waals surface area contributed by atoms with Crippen LogP contribution in [0.5, 0.6) is 0 Å². The van der Waals surface area contributed by atoms with Crippen molar-refractivity contribution in [2.45, 2.75) is 25.7 Å². The van der Waals surface area contributed by atoms with Gasteiger partial charge in [0, 0.05) is 26.9 Å². The van der Waals surface area contributed by atoms with Gasteiger partial charge in [-0.3, -0.25) is 0 Å². The fraction of sp³-hybridized carbons (Fsp3) is 0.700. The third kappa shape index (κ3) is 4.13. The quantitative estimate of drug-likeness (QED) is 0.567. The fourth-order valence-corrected chi connectivity index (χ4v) is 1.18. The Balaban J connectivity index is 0. The zero-order chi connectivity index (χ0) is 12.1. The molecule has 0 bridgehead atoms. The molecule has 0 saturated heterocycles. The minimum Gasteiger partial charge on any atom is -0.478 e. The van der Waals surface area contributed by atoms with Crippen molar-refractivity contribution in [3.05, 3.63) is 11.6 Å². The lowest BCUT2D eigenvalue weighted by molar-refractivity contribution is -0.228. The Morgan fingerprint density at radius 1 is 1.31 bits per heavy atom. The van der Waals surface area contributed by atoms with Crippen LogP contribution >= 0.6 is 13.5 Å². The predicted molar refractivity (Wildman–Crippen MR) is 65.0 cm³/mol. The van der Waals surface area contributed by atoms with Gasteiger partial charge in [0.1, 0.15) is 6.10 Å². The monoisotopic (exact) mass is 252 g/mol. The molecule has 0 aromatic carbocycles. The second kappa shape index (κ2) is 7.67. The fourth-order valence-electron chi connectivity index (χ4n) is 1.18. The smallest absolute Gasteiger partial charge is 0.331 e. The summed E-state index contributed by atoms with van der Waals surface area (Å²) in [5.41, 5.74) is 0.141. The van der Waals surface area contributed by atoms with Crippen LogP contribution in [0, 0.1) is 0 Å². The lowest BCUT2D eigenvalue weighted by atomic mass is 10.1. The van der Waals surface area contributed by atoms with Crippen molar-refractivity contribution in [3.63, 3.8) is 0 Å². The van der Waals surface area contributed by atoms with Crippen LogP contribution < -0.4 is 0 Å². The molecule has 0 fully saturated rings. The van der Waals surface area contributed by atoms with Gasteiger partial charge >= 0.3 is 5.97 Å². The summed E-state index contributed by atoms with van der Waals surface area (Å²) in [4.78, 5) is 10.7. The summed E-state index contributed by atoms with van der Waals surface area (Å²) in [5, 5.41) is 8.77. The molecular formula is C10H20O5S. The minimum absolute atomic E-state index is 0. The molecule has 1 unspecified atom stereocenters. The summed E-state index contributed by atoms with van der Waals surface area (Å²) >= 11 is 0. The first kappa shape index (κ1) is 17.8. The van der Waals surface area contributed by atoms with Crippen LogP contribution in [0.4, 0.5) is 0 Å². The molecule has 0 heterocycles. The highest BCUT2D eigenvalue weighted by molar-refractivity contribution is 7.59. The van der Waals surface area contributed by atoms with Crippen molar-refractivity contribution in [3.8, 4) is 0 Å². The van der Waals surface area contributed by atoms with E-state index in [4.69, 9.17) is 19.3 Å². The molecule has 0 radical (unpaired) electrons. The molecule has 1 atom stereocenters. The Bertz CT molecular complexity index is 248. The molecule has 0 saturated carbocycles. The van der Waals surface area contributed by atoms with E-state index >= 15 is 0 Å². The number of methoxy groups -OCH3 is 3. The number of hydrogen-bond donors (Lipinski definition) is 1. The van der Waals surface area contributed by atoms with Gasteiger partial charge in [0.25, 0.3) is 0 Å². The Labute approximate surface area is 103 Å². The first-order chi connectivity index (χ1) is 6.93. The molecule has 6 heteroatoms. The number of rotatable bonds is 6. The van der Waals surface area contributed by atoms with E-state index in [0.717, 1.165) is 0 Å². The summed E-state index contributed by atoms with van der Waals surface area (Å²) in [6.07, 6.45) is 0.977. The first-order valence-electron chi connectivity index (χ1n) is 4.49. The van der Waals surface area contributed by atoms with Crippen LogP contribution in [0.15, 0.2) is 11.6 Å². The maximum Gasteiger partial charge on any atom is 0.331 e. The van der Waals surface area contributed by atoms with Crippen LogP contribution in [-0.2, 0) is 19.0 Å². The average molecular weight is 252 g/mol. The molecule has 0 aromatic rings. The van der Waals surface area contributed by atoms with Gasteiger partial charge in [-0.1, -0.05) is 0 Å². The number of ether oxygens (including phenoxy) is 3. The van der Waals surface area contributed by atoms with Gasteiger partial charge in [-0.25, -0.2) is 4.79 Å². The number of aliphatic carboxylic acids is 1. The van der Waals surface area contributed by atoms with Crippen LogP contribution in [0.25, 0.3) is 0 Å². The molecule has 0 aliphatic rings. The van der Waals surface area contributed by atoms with Crippen molar-refractivity contribution in [2.24, 2.45) is 0 Å². The first-order valence-corrected chi connectivity index (χ1v) is 4.49. The normalized spacial score (nSPS) is 14.2. The van der Waals surface area contributed by atoms with E-state index in [-0.39, 0.29) is 19.1 Å². The highest BCUT2D eigenvalue weighted by atomic mass is 32.1. The Morgan fingerprint density at radius 2 is 1.75 bits per heavy atom. The Kier molecular flexibility index (Phi) is 8.54. The van der Waals surface area contributed by atoms with Gasteiger partial charge in [0.05, 0.1) is 0 Å². The molecule has 0 aliphatic carbocycles. The zero-order valence-corrected chi connectivity index (χ0v) is 11.2. The summed E-state index contributed by atoms with van der Waals surface area (Å²) in [6, 6.07) is 0. The number of hydrogen-bond acceptors (Lipinski definition) is 4. The SMILES string of the molecule is COC(C)C(C=C(C)C(=O)O)(OC)OC.S. The molecule has 0 amide bonds. The average Bonchev–Trinajstić information content (AvgIpc) is 2.24. The Morgan fingerprint density at radius 3 is 2.00 bits per heavy atom. The number of carboxylic acid groups (broad SMARTS) is 1. The lowest BCUT2D eigenvalue weighted by Gasteiger charge is -2.32. The maximum atomic E-state index is 10.7. The van der Waals surface area contributed by atoms with Gasteiger partial charge in [-0.05, 0) is 19.9 Å². The molecule has 0 spiro atoms. The zero-order valence-electron chi connectivity index (χ0n) is 10.2. The van der Waals surface area contributed by atoms with E-state index in [0.29, 0.717) is 0 Å². The second-order valence-corrected chi connectivity index (χ2v) is 3.14. The Hall–Kier alpha value is -0.560. The molecule has 0 rings (SSSR count). The van der Waals surface area contributed by atoms with Crippen molar-refractivity contribution >= 4 is 19.5 Å². The van der Waals surface area contributed by atoms with Crippen molar-refractivity contribution in [1.29, 1.82) is 0 Å². The van der Waals surface area contributed by atoms with Gasteiger partial charge in [0.15, 0.2) is 0 Å². The molecule has 1 N–H and O–H groups in total. The van der Waals surface area contributed by atoms with E-state index in [1.54, 1.807) is 6.92 Å². The number of carbonyl (C=O) groups is 1. The van der Waals surface area contributed by atoms with E-state index in [9.17, 15) is 4.79 Å². The van der Waals surface area contributed by atoms with E-state index in [2.05, 4.69) is 0 Å². The van der Waals surface area contributed by atoms with Gasteiger partial charge in [-0.15, -0.1) is 0 Å². The standard InChI is InChI=1S/C10H18O5.H2S/c1-7(9(11)12)6-10(14-4,15-5)8(2)13-3;/h6,8H,1-5H3,(H,11,12);1H2. The van der Waals surface area contributed by atoms with Crippen molar-refractivity contribution in [2.75, 3.05) is 21.3 Å². The number of carboxylic acids is 1. The minimum atomic E-state index is -1.17. The molecular weight excluding hydrogens is 232 g/mol. The van der Waals surface area contributed by atoms with E-state index in [1.165, 1.54) is 34.3 Å². The second-order valence-electron chi connectivity index (χ2n) is 3.14. The predicted octanol–water partition coefficient (Wildman–Crippen LogP) is 1.15. The highest BCUT2D eigenvalue weighted by Crippen LogP contribution is 2.22. The topological polar surface area (TPSA) is 65.0 Å². The van der Waals surface area contributed by atoms with Crippen LogP contribution in [-0.4, -0.2) is 44.3 Å². The van der Waals surface area contributed by atoms with Gasteiger partial charge in [-0.2, -0.15) is 13.5 Å². The van der Waals surface area contributed by atoms with Gasteiger partial charge in [0.2, 0.25) is 5.79 Å². The van der Waals surface area contributed by atoms with Crippen molar-refractivity contribution < 1.29 is 24.1 Å². The highest BCUT2D eigenvalue weighted by Gasteiger charge is 2.35. The molecule has 0 aliphatic heterocycles. The third-order valence-corrected chi connectivity index (χ3v) is 2.31. The maximum absolute atomic E-state index is 10.7. The molecule has 16 heavy (non-hydrogen) atoms. The molecule has 0 aromatic heterocycles. The summed E-state index contributed by atoms with van der Waals surface area (Å²) in [6.45, 7) is 3.20. The summed E-state index contributed by atoms with van der Waals surface area (Å²) < 4.78 is 15.4. The lowest BCUT2D eigenvalue weighted by Crippen LogP contribution is -2.44. The van der Waals surface area contributed by atoms with Crippen LogP contribution in [0.2, 0.25) is 0 Å². The summed E-state index contributed by atoms with van der Waals surface area (Å²) in [5.74, 6) is -2.19. The van der Waals surface area contributed by atoms with Crippen LogP contribution in [0.1, 0.15) is 13.8 Å². The molecule has 5 nitrogen and oxygen atoms in total. The van der Waals surface area contributed by atoms with Gasteiger partial charge < -0.3 is 19.3 Å².